The van der Waals surface area contributed by atoms with E-state index in [9.17, 15) is 0 Å². The number of rotatable bonds is 6. The van der Waals surface area contributed by atoms with E-state index in [0.29, 0.717) is 18.0 Å². The quantitative estimate of drug-likeness (QED) is 0.319. The SMILES string of the molecule is NC1CCC(Nc2ncc3nc(NCc4cccc(I)c4)n(C4C=CCC4)c3n2)CC1. The van der Waals surface area contributed by atoms with Crippen LogP contribution in [-0.4, -0.2) is 31.6 Å². The molecule has 1 saturated carbocycles. The van der Waals surface area contributed by atoms with Gasteiger partial charge in [0.15, 0.2) is 5.65 Å². The van der Waals surface area contributed by atoms with Gasteiger partial charge in [0, 0.05) is 22.2 Å². The lowest BCUT2D eigenvalue weighted by Gasteiger charge is -2.26. The number of benzene rings is 1. The van der Waals surface area contributed by atoms with Crippen LogP contribution in [-0.2, 0) is 6.54 Å². The number of allylic oxidation sites excluding steroid dienone is 2. The molecule has 0 saturated heterocycles. The molecule has 5 rings (SSSR count). The van der Waals surface area contributed by atoms with Crippen molar-refractivity contribution in [1.82, 2.24) is 19.5 Å². The highest BCUT2D eigenvalue weighted by Gasteiger charge is 2.23. The summed E-state index contributed by atoms with van der Waals surface area (Å²) in [7, 11) is 0. The molecule has 2 heterocycles. The third-order valence-electron chi connectivity index (χ3n) is 6.20. The molecule has 1 atom stereocenters. The van der Waals surface area contributed by atoms with Gasteiger partial charge in [0.1, 0.15) is 5.52 Å². The average Bonchev–Trinajstić information content (AvgIpc) is 3.41. The zero-order valence-electron chi connectivity index (χ0n) is 17.5. The van der Waals surface area contributed by atoms with Gasteiger partial charge >= 0.3 is 0 Å². The minimum atomic E-state index is 0.263. The topological polar surface area (TPSA) is 93.7 Å². The molecule has 3 aromatic rings. The number of hydrogen-bond acceptors (Lipinski definition) is 6. The standard InChI is InChI=1S/C23H28IN7/c24-16-5-3-4-15(12-16)13-27-23-29-20-14-26-22(28-18-10-8-17(25)9-11-18)30-21(20)31(23)19-6-1-2-7-19/h1,3-6,12,14,17-19H,2,7-11,13,25H2,(H,27,29)(H,26,28,30). The fourth-order valence-corrected chi connectivity index (χ4v) is 5.11. The number of hydrogen-bond donors (Lipinski definition) is 3. The number of fused-ring (bicyclic) bond motifs is 1. The van der Waals surface area contributed by atoms with Gasteiger partial charge in [0.05, 0.1) is 12.2 Å². The van der Waals surface area contributed by atoms with E-state index in [-0.39, 0.29) is 6.04 Å². The van der Waals surface area contributed by atoms with Gasteiger partial charge in [-0.05, 0) is 78.8 Å². The fraction of sp³-hybridized carbons (Fsp3) is 0.435. The van der Waals surface area contributed by atoms with Crippen LogP contribution >= 0.6 is 22.6 Å². The minimum Gasteiger partial charge on any atom is -0.351 e. The minimum absolute atomic E-state index is 0.263. The van der Waals surface area contributed by atoms with Crippen LogP contribution < -0.4 is 16.4 Å². The van der Waals surface area contributed by atoms with Gasteiger partial charge in [-0.2, -0.15) is 4.98 Å². The molecule has 1 unspecified atom stereocenters. The third-order valence-corrected chi connectivity index (χ3v) is 6.87. The third kappa shape index (κ3) is 4.69. The monoisotopic (exact) mass is 529 g/mol. The summed E-state index contributed by atoms with van der Waals surface area (Å²) in [5.41, 5.74) is 8.99. The lowest BCUT2D eigenvalue weighted by atomic mass is 9.92. The molecular formula is C23H28IN7. The Hall–Kier alpha value is -2.20. The summed E-state index contributed by atoms with van der Waals surface area (Å²) in [6, 6.07) is 9.50. The van der Waals surface area contributed by atoms with E-state index in [1.807, 2.05) is 6.20 Å². The van der Waals surface area contributed by atoms with E-state index < -0.39 is 0 Å². The largest absolute Gasteiger partial charge is 0.351 e. The molecule has 7 nitrogen and oxygen atoms in total. The van der Waals surface area contributed by atoms with Crippen LogP contribution in [0.2, 0.25) is 0 Å². The molecule has 2 aliphatic carbocycles. The number of nitrogens with one attached hydrogen (secondary N) is 2. The summed E-state index contributed by atoms with van der Waals surface area (Å²) >= 11 is 2.35. The Morgan fingerprint density at radius 3 is 2.77 bits per heavy atom. The first-order valence-corrected chi connectivity index (χ1v) is 12.2. The summed E-state index contributed by atoms with van der Waals surface area (Å²) < 4.78 is 3.46. The lowest BCUT2D eigenvalue weighted by Crippen LogP contribution is -2.33. The molecule has 8 heteroatoms. The first kappa shape index (κ1) is 20.7. The van der Waals surface area contributed by atoms with Gasteiger partial charge in [0.2, 0.25) is 11.9 Å². The molecule has 1 fully saturated rings. The van der Waals surface area contributed by atoms with Crippen LogP contribution in [0.1, 0.15) is 50.1 Å². The normalized spacial score (nSPS) is 23.4. The Kier molecular flexibility index (Phi) is 6.08. The molecule has 0 aliphatic heterocycles. The van der Waals surface area contributed by atoms with Crippen LogP contribution in [0.3, 0.4) is 0 Å². The maximum Gasteiger partial charge on any atom is 0.224 e. The van der Waals surface area contributed by atoms with E-state index in [1.165, 1.54) is 9.13 Å². The molecule has 0 bridgehead atoms. The maximum absolute atomic E-state index is 6.05. The first-order valence-electron chi connectivity index (χ1n) is 11.1. The number of halogens is 1. The predicted octanol–water partition coefficient (Wildman–Crippen LogP) is 4.62. The van der Waals surface area contributed by atoms with E-state index in [2.05, 4.69) is 79.2 Å². The van der Waals surface area contributed by atoms with Crippen molar-refractivity contribution in [3.63, 3.8) is 0 Å². The maximum atomic E-state index is 6.05. The number of imidazole rings is 1. The highest BCUT2D eigenvalue weighted by molar-refractivity contribution is 14.1. The van der Waals surface area contributed by atoms with Crippen LogP contribution in [0.5, 0.6) is 0 Å². The van der Waals surface area contributed by atoms with E-state index in [4.69, 9.17) is 15.7 Å². The number of aromatic nitrogens is 4. The van der Waals surface area contributed by atoms with Crippen LogP contribution in [0, 0.1) is 3.57 Å². The highest BCUT2D eigenvalue weighted by atomic mass is 127. The van der Waals surface area contributed by atoms with Crippen molar-refractivity contribution in [2.45, 2.75) is 63.2 Å². The molecule has 0 radical (unpaired) electrons. The Morgan fingerprint density at radius 2 is 2.00 bits per heavy atom. The Bertz CT molecular complexity index is 1080. The molecule has 2 aliphatic rings. The second kappa shape index (κ2) is 9.12. The van der Waals surface area contributed by atoms with Crippen molar-refractivity contribution in [1.29, 1.82) is 0 Å². The Balaban J connectivity index is 1.42. The molecule has 4 N–H and O–H groups in total. The number of nitrogens with zero attached hydrogens (tertiary/aromatic N) is 4. The van der Waals surface area contributed by atoms with Crippen molar-refractivity contribution in [2.75, 3.05) is 10.6 Å². The van der Waals surface area contributed by atoms with Gasteiger partial charge in [-0.1, -0.05) is 24.3 Å². The summed E-state index contributed by atoms with van der Waals surface area (Å²) in [5.74, 6) is 1.53. The Morgan fingerprint density at radius 1 is 1.13 bits per heavy atom. The second-order valence-electron chi connectivity index (χ2n) is 8.52. The smallest absolute Gasteiger partial charge is 0.224 e. The van der Waals surface area contributed by atoms with Crippen molar-refractivity contribution in [2.24, 2.45) is 5.73 Å². The summed E-state index contributed by atoms with van der Waals surface area (Å²) in [6.07, 6.45) is 12.7. The van der Waals surface area contributed by atoms with Gasteiger partial charge in [-0.25, -0.2) is 9.97 Å². The number of anilines is 2. The molecular weight excluding hydrogens is 501 g/mol. The zero-order chi connectivity index (χ0) is 21.2. The highest BCUT2D eigenvalue weighted by Crippen LogP contribution is 2.31. The Labute approximate surface area is 196 Å². The van der Waals surface area contributed by atoms with Crippen LogP contribution in [0.15, 0.2) is 42.6 Å². The van der Waals surface area contributed by atoms with Gasteiger partial charge in [-0.3, -0.25) is 4.57 Å². The predicted molar refractivity (Wildman–Crippen MR) is 133 cm³/mol. The van der Waals surface area contributed by atoms with E-state index in [1.54, 1.807) is 0 Å². The molecule has 31 heavy (non-hydrogen) atoms. The molecule has 0 spiro atoms. The van der Waals surface area contributed by atoms with E-state index >= 15 is 0 Å². The summed E-state index contributed by atoms with van der Waals surface area (Å²) in [4.78, 5) is 14.3. The van der Waals surface area contributed by atoms with Gasteiger partial charge in [0.25, 0.3) is 0 Å². The molecule has 2 aromatic heterocycles. The van der Waals surface area contributed by atoms with Crippen molar-refractivity contribution < 1.29 is 0 Å². The van der Waals surface area contributed by atoms with Gasteiger partial charge < -0.3 is 16.4 Å². The number of nitrogens with two attached hydrogens (primary N) is 1. The van der Waals surface area contributed by atoms with Crippen LogP contribution in [0.25, 0.3) is 11.2 Å². The van der Waals surface area contributed by atoms with Crippen molar-refractivity contribution in [3.8, 4) is 0 Å². The van der Waals surface area contributed by atoms with Crippen molar-refractivity contribution in [3.05, 3.63) is 51.7 Å². The molecule has 162 valence electrons. The zero-order valence-corrected chi connectivity index (χ0v) is 19.6. The first-order chi connectivity index (χ1) is 15.2. The molecule has 0 amide bonds. The van der Waals surface area contributed by atoms with E-state index in [0.717, 1.165) is 62.2 Å². The second-order valence-corrected chi connectivity index (χ2v) is 9.77. The average molecular weight is 529 g/mol. The van der Waals surface area contributed by atoms with Gasteiger partial charge in [-0.15, -0.1) is 0 Å². The van der Waals surface area contributed by atoms with Crippen molar-refractivity contribution >= 4 is 45.7 Å². The lowest BCUT2D eigenvalue weighted by molar-refractivity contribution is 0.410. The van der Waals surface area contributed by atoms with Crippen LogP contribution in [0.4, 0.5) is 11.9 Å². The summed E-state index contributed by atoms with van der Waals surface area (Å²) in [6.45, 7) is 0.720. The summed E-state index contributed by atoms with van der Waals surface area (Å²) in [5, 5.41) is 7.07. The fourth-order valence-electron chi connectivity index (χ4n) is 4.51. The molecule has 1 aromatic carbocycles.